The van der Waals surface area contributed by atoms with E-state index in [-0.39, 0.29) is 0 Å². The number of nitrogens with two attached hydrogens (primary N) is 1. The van der Waals surface area contributed by atoms with Gasteiger partial charge in [-0.3, -0.25) is 4.68 Å². The van der Waals surface area contributed by atoms with E-state index < -0.39 is 0 Å². The summed E-state index contributed by atoms with van der Waals surface area (Å²) in [4.78, 5) is 0. The van der Waals surface area contributed by atoms with Crippen molar-refractivity contribution in [1.29, 1.82) is 0 Å². The monoisotopic (exact) mass is 263 g/mol. The molecule has 0 amide bonds. The third kappa shape index (κ3) is 2.43. The summed E-state index contributed by atoms with van der Waals surface area (Å²) >= 11 is 0. The highest BCUT2D eigenvalue weighted by atomic mass is 15.3. The summed E-state index contributed by atoms with van der Waals surface area (Å²) in [6.07, 6.45) is 1.90. The summed E-state index contributed by atoms with van der Waals surface area (Å²) in [7, 11) is 0. The topological polar surface area (TPSA) is 43.8 Å². The van der Waals surface area contributed by atoms with Crippen LogP contribution in [0.1, 0.15) is 11.1 Å². The number of aromatic nitrogens is 2. The number of nitrogen functional groups attached to an aromatic ring is 1. The zero-order valence-corrected chi connectivity index (χ0v) is 11.5. The predicted molar refractivity (Wildman–Crippen MR) is 82.4 cm³/mol. The Labute approximate surface area is 118 Å². The van der Waals surface area contributed by atoms with E-state index in [1.54, 1.807) is 0 Å². The molecule has 3 aromatic rings. The number of aryl methyl sites for hydroxylation is 1. The van der Waals surface area contributed by atoms with Crippen molar-refractivity contribution >= 4 is 5.69 Å². The first-order valence-corrected chi connectivity index (χ1v) is 6.67. The minimum Gasteiger partial charge on any atom is -0.396 e. The van der Waals surface area contributed by atoms with Gasteiger partial charge in [0.15, 0.2) is 0 Å². The molecule has 2 N–H and O–H groups in total. The molecule has 0 bridgehead atoms. The minimum absolute atomic E-state index is 0.718. The molecule has 3 nitrogen and oxygen atoms in total. The van der Waals surface area contributed by atoms with Gasteiger partial charge in [0.05, 0.1) is 12.2 Å². The third-order valence-electron chi connectivity index (χ3n) is 3.38. The number of hydrogen-bond acceptors (Lipinski definition) is 2. The zero-order chi connectivity index (χ0) is 13.9. The van der Waals surface area contributed by atoms with Gasteiger partial charge in [-0.05, 0) is 18.1 Å². The van der Waals surface area contributed by atoms with E-state index in [9.17, 15) is 0 Å². The molecule has 3 rings (SSSR count). The Morgan fingerprint density at radius 1 is 1.00 bits per heavy atom. The lowest BCUT2D eigenvalue weighted by atomic mass is 10.1. The Hall–Kier alpha value is -2.55. The molecule has 2 aromatic carbocycles. The first-order valence-electron chi connectivity index (χ1n) is 6.67. The van der Waals surface area contributed by atoms with Crippen LogP contribution >= 0.6 is 0 Å². The molecule has 3 heteroatoms. The fraction of sp³-hybridized carbons (Fsp3) is 0.118. The second-order valence-corrected chi connectivity index (χ2v) is 4.93. The molecule has 0 radical (unpaired) electrons. The lowest BCUT2D eigenvalue weighted by Gasteiger charge is -2.03. The van der Waals surface area contributed by atoms with E-state index in [1.165, 1.54) is 11.1 Å². The average Bonchev–Trinajstić information content (AvgIpc) is 2.81. The van der Waals surface area contributed by atoms with E-state index in [2.05, 4.69) is 36.3 Å². The molecule has 1 heterocycles. The second kappa shape index (κ2) is 5.21. The number of anilines is 1. The normalized spacial score (nSPS) is 10.7. The van der Waals surface area contributed by atoms with E-state index in [1.807, 2.05) is 41.2 Å². The zero-order valence-electron chi connectivity index (χ0n) is 11.5. The van der Waals surface area contributed by atoms with Gasteiger partial charge in [0.25, 0.3) is 0 Å². The van der Waals surface area contributed by atoms with Crippen LogP contribution in [-0.2, 0) is 6.54 Å². The quantitative estimate of drug-likeness (QED) is 0.786. The van der Waals surface area contributed by atoms with E-state index in [4.69, 9.17) is 5.73 Å². The number of rotatable bonds is 3. The Kier molecular flexibility index (Phi) is 3.25. The van der Waals surface area contributed by atoms with Crippen molar-refractivity contribution in [3.05, 3.63) is 71.9 Å². The van der Waals surface area contributed by atoms with Crippen LogP contribution < -0.4 is 5.73 Å². The van der Waals surface area contributed by atoms with Gasteiger partial charge in [-0.25, -0.2) is 0 Å². The smallest absolute Gasteiger partial charge is 0.115 e. The van der Waals surface area contributed by atoms with Gasteiger partial charge in [0, 0.05) is 11.8 Å². The first kappa shape index (κ1) is 12.5. The molecular formula is C17H17N3. The van der Waals surface area contributed by atoms with Gasteiger partial charge in [0.1, 0.15) is 5.69 Å². The number of hydrogen-bond donors (Lipinski definition) is 1. The van der Waals surface area contributed by atoms with E-state index in [0.717, 1.165) is 23.5 Å². The maximum Gasteiger partial charge on any atom is 0.115 e. The Balaban J connectivity index is 1.94. The van der Waals surface area contributed by atoms with E-state index >= 15 is 0 Å². The second-order valence-electron chi connectivity index (χ2n) is 4.93. The van der Waals surface area contributed by atoms with Crippen molar-refractivity contribution in [3.8, 4) is 11.3 Å². The van der Waals surface area contributed by atoms with Crippen LogP contribution in [0.4, 0.5) is 5.69 Å². The summed E-state index contributed by atoms with van der Waals surface area (Å²) in [5.74, 6) is 0. The van der Waals surface area contributed by atoms with Crippen LogP contribution in [0.5, 0.6) is 0 Å². The van der Waals surface area contributed by atoms with Gasteiger partial charge in [-0.1, -0.05) is 54.6 Å². The molecule has 0 saturated heterocycles. The molecule has 0 unspecified atom stereocenters. The number of benzene rings is 2. The van der Waals surface area contributed by atoms with Crippen molar-refractivity contribution in [2.45, 2.75) is 13.5 Å². The Morgan fingerprint density at radius 2 is 1.70 bits per heavy atom. The summed E-state index contributed by atoms with van der Waals surface area (Å²) in [6.45, 7) is 2.81. The number of nitrogens with zero attached hydrogens (tertiary/aromatic N) is 2. The van der Waals surface area contributed by atoms with Crippen molar-refractivity contribution in [2.75, 3.05) is 5.73 Å². The Bertz CT molecular complexity index is 714. The largest absolute Gasteiger partial charge is 0.396 e. The van der Waals surface area contributed by atoms with Gasteiger partial charge in [0.2, 0.25) is 0 Å². The average molecular weight is 263 g/mol. The van der Waals surface area contributed by atoms with Crippen LogP contribution in [0.25, 0.3) is 11.3 Å². The van der Waals surface area contributed by atoms with Crippen LogP contribution in [0.15, 0.2) is 60.8 Å². The highest BCUT2D eigenvalue weighted by Gasteiger charge is 2.10. The standard InChI is InChI=1S/C17H17N3/c1-13-7-5-6-10-15(13)17-16(18)12-20(19-17)11-14-8-3-2-4-9-14/h2-10,12H,11,18H2,1H3. The van der Waals surface area contributed by atoms with Gasteiger partial charge < -0.3 is 5.73 Å². The SMILES string of the molecule is Cc1ccccc1-c1nn(Cc2ccccc2)cc1N. The summed E-state index contributed by atoms with van der Waals surface area (Å²) in [6, 6.07) is 18.4. The van der Waals surface area contributed by atoms with Crippen molar-refractivity contribution in [2.24, 2.45) is 0 Å². The highest BCUT2D eigenvalue weighted by molar-refractivity contribution is 5.74. The summed E-state index contributed by atoms with van der Waals surface area (Å²) < 4.78 is 1.90. The van der Waals surface area contributed by atoms with Crippen LogP contribution in [-0.4, -0.2) is 9.78 Å². The van der Waals surface area contributed by atoms with Gasteiger partial charge in [-0.15, -0.1) is 0 Å². The first-order chi connectivity index (χ1) is 9.74. The van der Waals surface area contributed by atoms with Crippen molar-refractivity contribution in [1.82, 2.24) is 9.78 Å². The van der Waals surface area contributed by atoms with Crippen molar-refractivity contribution < 1.29 is 0 Å². The molecule has 0 fully saturated rings. The predicted octanol–water partition coefficient (Wildman–Crippen LogP) is 3.49. The minimum atomic E-state index is 0.718. The molecular weight excluding hydrogens is 246 g/mol. The molecule has 0 spiro atoms. The summed E-state index contributed by atoms with van der Waals surface area (Å²) in [5, 5.41) is 4.63. The summed E-state index contributed by atoms with van der Waals surface area (Å²) in [5.41, 5.74) is 11.2. The third-order valence-corrected chi connectivity index (χ3v) is 3.38. The molecule has 0 aliphatic heterocycles. The van der Waals surface area contributed by atoms with Crippen molar-refractivity contribution in [3.63, 3.8) is 0 Å². The van der Waals surface area contributed by atoms with E-state index in [0.29, 0.717) is 0 Å². The Morgan fingerprint density at radius 3 is 2.45 bits per heavy atom. The maximum absolute atomic E-state index is 6.11. The van der Waals surface area contributed by atoms with Gasteiger partial charge in [-0.2, -0.15) is 5.10 Å². The fourth-order valence-corrected chi connectivity index (χ4v) is 2.34. The lowest BCUT2D eigenvalue weighted by Crippen LogP contribution is -2.00. The molecule has 20 heavy (non-hydrogen) atoms. The maximum atomic E-state index is 6.11. The molecule has 0 atom stereocenters. The highest BCUT2D eigenvalue weighted by Crippen LogP contribution is 2.26. The van der Waals surface area contributed by atoms with Crippen LogP contribution in [0.3, 0.4) is 0 Å². The lowest BCUT2D eigenvalue weighted by molar-refractivity contribution is 0.689. The molecule has 0 aliphatic rings. The molecule has 0 aliphatic carbocycles. The molecule has 0 saturated carbocycles. The molecule has 1 aromatic heterocycles. The fourth-order valence-electron chi connectivity index (χ4n) is 2.34. The molecule has 100 valence electrons. The van der Waals surface area contributed by atoms with Gasteiger partial charge >= 0.3 is 0 Å². The van der Waals surface area contributed by atoms with Crippen LogP contribution in [0.2, 0.25) is 0 Å². The van der Waals surface area contributed by atoms with Crippen LogP contribution in [0, 0.1) is 6.92 Å².